The summed E-state index contributed by atoms with van der Waals surface area (Å²) >= 11 is 0. The van der Waals surface area contributed by atoms with E-state index in [2.05, 4.69) is 12.8 Å². The smallest absolute Gasteiger partial charge is 0.310 e. The molecule has 1 rings (SSSR count). The minimum Gasteiger partial charge on any atom is -0.481 e. The van der Waals surface area contributed by atoms with Crippen molar-refractivity contribution in [2.75, 3.05) is 0 Å². The predicted octanol–water partition coefficient (Wildman–Crippen LogP) is 1.51. The molecule has 0 saturated heterocycles. The van der Waals surface area contributed by atoms with Crippen molar-refractivity contribution in [1.29, 1.82) is 0 Å². The van der Waals surface area contributed by atoms with Gasteiger partial charge in [0.1, 0.15) is 0 Å². The molecule has 0 aromatic carbocycles. The molecular weight excluding hydrogens is 140 g/mol. The Morgan fingerprint density at radius 3 is 2.64 bits per heavy atom. The van der Waals surface area contributed by atoms with Crippen LogP contribution in [0.5, 0.6) is 0 Å². The van der Waals surface area contributed by atoms with E-state index in [0.717, 1.165) is 12.8 Å². The van der Waals surface area contributed by atoms with E-state index in [9.17, 15) is 4.79 Å². The fraction of sp³-hybridized carbons (Fsp3) is 0.667. The predicted molar refractivity (Wildman–Crippen MR) is 41.9 cm³/mol. The molecule has 11 heavy (non-hydrogen) atoms. The van der Waals surface area contributed by atoms with Gasteiger partial charge >= 0.3 is 5.97 Å². The number of carboxylic acid groups (broad SMARTS) is 1. The quantitative estimate of drug-likeness (QED) is 0.609. The normalized spacial score (nSPS) is 35.5. The summed E-state index contributed by atoms with van der Waals surface area (Å²) in [5.74, 6) is 2.23. The van der Waals surface area contributed by atoms with Crippen LogP contribution in [0.1, 0.15) is 26.2 Å². The van der Waals surface area contributed by atoms with E-state index < -0.39 is 11.4 Å². The Kier molecular flexibility index (Phi) is 1.90. The Hall–Kier alpha value is -0.970. The Morgan fingerprint density at radius 1 is 1.82 bits per heavy atom. The van der Waals surface area contributed by atoms with Gasteiger partial charge in [-0.05, 0) is 18.8 Å². The Balaban J connectivity index is 2.62. The van der Waals surface area contributed by atoms with Crippen LogP contribution in [0.3, 0.4) is 0 Å². The van der Waals surface area contributed by atoms with Crippen LogP contribution in [0.25, 0.3) is 0 Å². The van der Waals surface area contributed by atoms with Crippen LogP contribution in [-0.4, -0.2) is 11.1 Å². The van der Waals surface area contributed by atoms with Crippen molar-refractivity contribution in [2.45, 2.75) is 26.2 Å². The third kappa shape index (κ3) is 1.23. The van der Waals surface area contributed by atoms with E-state index in [-0.39, 0.29) is 0 Å². The number of hydrogen-bond acceptors (Lipinski definition) is 1. The lowest BCUT2D eigenvalue weighted by Gasteiger charge is -2.41. The maximum atomic E-state index is 10.7. The van der Waals surface area contributed by atoms with E-state index in [1.807, 2.05) is 0 Å². The second-order valence-corrected chi connectivity index (χ2v) is 3.48. The van der Waals surface area contributed by atoms with Gasteiger partial charge in [-0.1, -0.05) is 6.92 Å². The second-order valence-electron chi connectivity index (χ2n) is 3.48. The maximum Gasteiger partial charge on any atom is 0.310 e. The molecule has 0 bridgehead atoms. The van der Waals surface area contributed by atoms with Gasteiger partial charge in [-0.3, -0.25) is 4.79 Å². The molecule has 1 aliphatic rings. The van der Waals surface area contributed by atoms with Crippen molar-refractivity contribution in [3.8, 4) is 12.3 Å². The summed E-state index contributed by atoms with van der Waals surface area (Å²) in [5, 5.41) is 8.84. The molecule has 0 radical (unpaired) electrons. The van der Waals surface area contributed by atoms with Crippen LogP contribution >= 0.6 is 0 Å². The first kappa shape index (κ1) is 8.13. The average Bonchev–Trinajstić information content (AvgIpc) is 1.84. The Labute approximate surface area is 66.6 Å². The second kappa shape index (κ2) is 2.58. The topological polar surface area (TPSA) is 37.3 Å². The highest BCUT2D eigenvalue weighted by molar-refractivity contribution is 5.76. The third-order valence-corrected chi connectivity index (χ3v) is 2.37. The molecule has 0 atom stereocenters. The molecule has 0 unspecified atom stereocenters. The van der Waals surface area contributed by atoms with Crippen LogP contribution in [0, 0.1) is 23.7 Å². The highest BCUT2D eigenvalue weighted by atomic mass is 16.4. The van der Waals surface area contributed by atoms with Crippen molar-refractivity contribution < 1.29 is 9.90 Å². The number of carbonyl (C=O) groups is 1. The van der Waals surface area contributed by atoms with Gasteiger partial charge in [-0.15, -0.1) is 12.3 Å². The van der Waals surface area contributed by atoms with Crippen molar-refractivity contribution in [1.82, 2.24) is 0 Å². The van der Waals surface area contributed by atoms with Crippen LogP contribution in [0.2, 0.25) is 0 Å². The molecule has 0 aliphatic heterocycles. The van der Waals surface area contributed by atoms with Crippen LogP contribution in [0.15, 0.2) is 0 Å². The van der Waals surface area contributed by atoms with Gasteiger partial charge in [0.25, 0.3) is 0 Å². The highest BCUT2D eigenvalue weighted by Crippen LogP contribution is 2.47. The van der Waals surface area contributed by atoms with E-state index >= 15 is 0 Å². The molecule has 2 nitrogen and oxygen atoms in total. The molecular formula is C9H12O2. The monoisotopic (exact) mass is 152 g/mol. The summed E-state index contributed by atoms with van der Waals surface area (Å²) in [6, 6.07) is 0. The molecule has 0 heterocycles. The number of rotatable bonds is 2. The van der Waals surface area contributed by atoms with Crippen molar-refractivity contribution in [3.05, 3.63) is 0 Å². The van der Waals surface area contributed by atoms with Gasteiger partial charge in [0.05, 0.1) is 5.41 Å². The van der Waals surface area contributed by atoms with Gasteiger partial charge in [0, 0.05) is 6.42 Å². The first-order valence-corrected chi connectivity index (χ1v) is 3.77. The molecule has 0 aromatic heterocycles. The average molecular weight is 152 g/mol. The minimum absolute atomic E-state index is 0.382. The molecule has 0 spiro atoms. The van der Waals surface area contributed by atoms with Crippen LogP contribution in [-0.2, 0) is 4.79 Å². The van der Waals surface area contributed by atoms with Crippen molar-refractivity contribution in [3.63, 3.8) is 0 Å². The van der Waals surface area contributed by atoms with E-state index in [1.165, 1.54) is 0 Å². The summed E-state index contributed by atoms with van der Waals surface area (Å²) in [5.41, 5.74) is -0.575. The molecule has 60 valence electrons. The number of aliphatic carboxylic acids is 1. The number of terminal acetylenes is 1. The van der Waals surface area contributed by atoms with E-state index in [0.29, 0.717) is 12.3 Å². The molecule has 0 amide bonds. The fourth-order valence-corrected chi connectivity index (χ4v) is 1.86. The van der Waals surface area contributed by atoms with Crippen LogP contribution < -0.4 is 0 Å². The zero-order valence-electron chi connectivity index (χ0n) is 6.63. The summed E-state index contributed by atoms with van der Waals surface area (Å²) < 4.78 is 0. The van der Waals surface area contributed by atoms with Crippen molar-refractivity contribution >= 4 is 5.97 Å². The maximum absolute atomic E-state index is 10.7. The lowest BCUT2D eigenvalue weighted by atomic mass is 9.61. The van der Waals surface area contributed by atoms with E-state index in [4.69, 9.17) is 11.5 Å². The third-order valence-electron chi connectivity index (χ3n) is 2.37. The van der Waals surface area contributed by atoms with Gasteiger partial charge < -0.3 is 5.11 Å². The highest BCUT2D eigenvalue weighted by Gasteiger charge is 2.47. The standard InChI is InChI=1S/C9H12O2/c1-3-4-9(8(10)11)5-7(2)6-9/h1,7H,4-6H2,2H3,(H,10,11). The van der Waals surface area contributed by atoms with Crippen molar-refractivity contribution in [2.24, 2.45) is 11.3 Å². The van der Waals surface area contributed by atoms with Gasteiger partial charge in [-0.25, -0.2) is 0 Å². The number of carboxylic acids is 1. The molecule has 1 N–H and O–H groups in total. The minimum atomic E-state index is -0.728. The van der Waals surface area contributed by atoms with Gasteiger partial charge in [-0.2, -0.15) is 0 Å². The molecule has 1 saturated carbocycles. The summed E-state index contributed by atoms with van der Waals surface area (Å²) in [7, 11) is 0. The summed E-state index contributed by atoms with van der Waals surface area (Å²) in [4.78, 5) is 10.7. The Bertz CT molecular complexity index is 206. The number of hydrogen-bond donors (Lipinski definition) is 1. The van der Waals surface area contributed by atoms with Crippen LogP contribution in [0.4, 0.5) is 0 Å². The first-order valence-electron chi connectivity index (χ1n) is 3.77. The molecule has 0 aromatic rings. The summed E-state index contributed by atoms with van der Waals surface area (Å²) in [6.07, 6.45) is 6.96. The lowest BCUT2D eigenvalue weighted by molar-refractivity contribution is -0.157. The van der Waals surface area contributed by atoms with Gasteiger partial charge in [0.15, 0.2) is 0 Å². The molecule has 1 fully saturated rings. The SMILES string of the molecule is C#CCC1(C(=O)O)CC(C)C1. The van der Waals surface area contributed by atoms with E-state index in [1.54, 1.807) is 0 Å². The molecule has 1 aliphatic carbocycles. The molecule has 2 heteroatoms. The zero-order chi connectivity index (χ0) is 8.48. The lowest BCUT2D eigenvalue weighted by Crippen LogP contribution is -2.42. The largest absolute Gasteiger partial charge is 0.481 e. The zero-order valence-corrected chi connectivity index (χ0v) is 6.63. The van der Waals surface area contributed by atoms with Gasteiger partial charge in [0.2, 0.25) is 0 Å². The fourth-order valence-electron chi connectivity index (χ4n) is 1.86. The summed E-state index contributed by atoms with van der Waals surface area (Å²) in [6.45, 7) is 2.05. The first-order chi connectivity index (χ1) is 5.10. The Morgan fingerprint density at radius 2 is 2.36 bits per heavy atom.